The first-order chi connectivity index (χ1) is 42.9. The molecule has 0 saturated heterocycles. The Morgan fingerprint density at radius 2 is 0.517 bits per heavy atom. The molecule has 0 aromatic heterocycles. The van der Waals surface area contributed by atoms with Gasteiger partial charge in [0.25, 0.3) is 0 Å². The number of esters is 4. The number of aliphatic hydroxyl groups is 1. The Balaban J connectivity index is 5.21. The minimum Gasteiger partial charge on any atom is -0.462 e. The van der Waals surface area contributed by atoms with Gasteiger partial charge < -0.3 is 33.8 Å². The second-order valence-electron chi connectivity index (χ2n) is 26.2. The van der Waals surface area contributed by atoms with Crippen LogP contribution < -0.4 is 0 Å². The van der Waals surface area contributed by atoms with Crippen molar-refractivity contribution >= 4 is 39.5 Å². The fraction of sp³-hybridized carbons (Fsp3) is 0.943. The lowest BCUT2D eigenvalue weighted by Gasteiger charge is -2.21. The molecule has 19 heteroatoms. The lowest BCUT2D eigenvalue weighted by atomic mass is 10.0. The quantitative estimate of drug-likeness (QED) is 0.0222. The van der Waals surface area contributed by atoms with Gasteiger partial charge in [-0.1, -0.05) is 305 Å². The molecule has 17 nitrogen and oxygen atoms in total. The van der Waals surface area contributed by atoms with Crippen LogP contribution in [0.15, 0.2) is 0 Å². The second-order valence-corrected chi connectivity index (χ2v) is 29.1. The number of hydrogen-bond donors (Lipinski definition) is 3. The van der Waals surface area contributed by atoms with Crippen molar-refractivity contribution < 1.29 is 80.2 Å². The molecule has 0 rings (SSSR count). The zero-order valence-electron chi connectivity index (χ0n) is 57.7. The maximum absolute atomic E-state index is 13.0. The van der Waals surface area contributed by atoms with E-state index in [4.69, 9.17) is 37.0 Å². The predicted octanol–water partition coefficient (Wildman–Crippen LogP) is 20.0. The number of phosphoric acid groups is 2. The monoisotopic (exact) mass is 1310 g/mol. The van der Waals surface area contributed by atoms with Crippen LogP contribution >= 0.6 is 15.6 Å². The van der Waals surface area contributed by atoms with Crippen molar-refractivity contribution in [1.82, 2.24) is 0 Å². The molecule has 0 heterocycles. The molecular formula is C70H136O17P2. The molecule has 0 saturated carbocycles. The highest BCUT2D eigenvalue weighted by atomic mass is 31.2. The average molecular weight is 1310 g/mol. The fourth-order valence-electron chi connectivity index (χ4n) is 10.6. The van der Waals surface area contributed by atoms with Crippen molar-refractivity contribution in [3.8, 4) is 0 Å². The molecule has 89 heavy (non-hydrogen) atoms. The normalized spacial score (nSPS) is 14.1. The summed E-state index contributed by atoms with van der Waals surface area (Å²) in [5.41, 5.74) is 0. The zero-order chi connectivity index (χ0) is 65.7. The Hall–Kier alpha value is -1.94. The molecule has 528 valence electrons. The molecule has 5 atom stereocenters. The summed E-state index contributed by atoms with van der Waals surface area (Å²) in [4.78, 5) is 72.4. The number of rotatable bonds is 69. The third-order valence-corrected chi connectivity index (χ3v) is 18.1. The van der Waals surface area contributed by atoms with Crippen LogP contribution in [0.4, 0.5) is 0 Å². The van der Waals surface area contributed by atoms with E-state index in [9.17, 15) is 43.2 Å². The smallest absolute Gasteiger partial charge is 0.462 e. The van der Waals surface area contributed by atoms with E-state index in [1.807, 2.05) is 0 Å². The van der Waals surface area contributed by atoms with Gasteiger partial charge >= 0.3 is 39.5 Å². The van der Waals surface area contributed by atoms with Crippen LogP contribution in [0.3, 0.4) is 0 Å². The van der Waals surface area contributed by atoms with Gasteiger partial charge in [0, 0.05) is 25.7 Å². The third-order valence-electron chi connectivity index (χ3n) is 16.2. The lowest BCUT2D eigenvalue weighted by Crippen LogP contribution is -2.30. The highest BCUT2D eigenvalue weighted by molar-refractivity contribution is 7.47. The van der Waals surface area contributed by atoms with Gasteiger partial charge in [0.15, 0.2) is 12.2 Å². The number of carbonyl (C=O) groups is 4. The van der Waals surface area contributed by atoms with Crippen LogP contribution in [0.2, 0.25) is 0 Å². The minimum atomic E-state index is -4.95. The predicted molar refractivity (Wildman–Crippen MR) is 358 cm³/mol. The topological polar surface area (TPSA) is 237 Å². The highest BCUT2D eigenvalue weighted by Gasteiger charge is 2.30. The van der Waals surface area contributed by atoms with Gasteiger partial charge in [-0.05, 0) is 37.5 Å². The van der Waals surface area contributed by atoms with Crippen LogP contribution in [0, 0.1) is 11.8 Å². The molecule has 0 aliphatic carbocycles. The lowest BCUT2D eigenvalue weighted by molar-refractivity contribution is -0.161. The summed E-state index contributed by atoms with van der Waals surface area (Å²) in [5, 5.41) is 10.6. The van der Waals surface area contributed by atoms with Crippen molar-refractivity contribution in [3.05, 3.63) is 0 Å². The number of carbonyl (C=O) groups excluding carboxylic acids is 4. The summed E-state index contributed by atoms with van der Waals surface area (Å²) >= 11 is 0. The minimum absolute atomic E-state index is 0.105. The molecule has 0 bridgehead atoms. The first-order valence-electron chi connectivity index (χ1n) is 36.5. The average Bonchev–Trinajstić information content (AvgIpc) is 3.65. The molecule has 0 fully saturated rings. The number of unbranched alkanes of at least 4 members (excludes halogenated alkanes) is 39. The second kappa shape index (κ2) is 62.2. The van der Waals surface area contributed by atoms with Gasteiger partial charge in [0.2, 0.25) is 0 Å². The van der Waals surface area contributed by atoms with E-state index < -0.39 is 97.5 Å². The van der Waals surface area contributed by atoms with Gasteiger partial charge in [-0.15, -0.1) is 0 Å². The van der Waals surface area contributed by atoms with Crippen LogP contribution in [0.5, 0.6) is 0 Å². The summed E-state index contributed by atoms with van der Waals surface area (Å²) in [6, 6.07) is 0. The maximum Gasteiger partial charge on any atom is 0.472 e. The Morgan fingerprint density at radius 3 is 0.764 bits per heavy atom. The van der Waals surface area contributed by atoms with Crippen LogP contribution in [-0.4, -0.2) is 96.7 Å². The van der Waals surface area contributed by atoms with Crippen molar-refractivity contribution in [2.75, 3.05) is 39.6 Å². The Bertz CT molecular complexity index is 1730. The Kier molecular flexibility index (Phi) is 60.8. The molecular weight excluding hydrogens is 1170 g/mol. The molecule has 0 aliphatic heterocycles. The van der Waals surface area contributed by atoms with E-state index in [0.29, 0.717) is 25.7 Å². The number of ether oxygens (including phenoxy) is 4. The summed E-state index contributed by atoms with van der Waals surface area (Å²) in [6.07, 6.45) is 47.3. The number of aliphatic hydroxyl groups excluding tert-OH is 1. The van der Waals surface area contributed by atoms with Crippen molar-refractivity contribution in [3.63, 3.8) is 0 Å². The molecule has 0 amide bonds. The molecule has 0 aliphatic rings. The van der Waals surface area contributed by atoms with Crippen molar-refractivity contribution in [2.45, 2.75) is 374 Å². The van der Waals surface area contributed by atoms with Gasteiger partial charge in [0.1, 0.15) is 19.3 Å². The standard InChI is InChI=1S/C70H136O17P2/c1-7-9-11-13-15-16-17-18-19-20-21-22-30-36-42-48-54-69(74)87-66(59-81-68(73)53-47-41-35-29-25-23-27-33-38-44-50-62(3)4)61-85-89(78,79)83-57-64(71)56-82-88(76,77)84-60-65(58-80-67(72)52-46-40-32-14-12-10-8-2)86-70(75)55-49-43-37-31-26-24-28-34-39-45-51-63(5)6/h62-66,71H,7-61H2,1-6H3,(H,76,77)(H,78,79)/t64-,65+,66+/m0/s1. The fourth-order valence-corrected chi connectivity index (χ4v) is 12.2. The van der Waals surface area contributed by atoms with E-state index in [-0.39, 0.29) is 25.7 Å². The van der Waals surface area contributed by atoms with E-state index in [1.165, 1.54) is 161 Å². The maximum atomic E-state index is 13.0. The SMILES string of the molecule is CCCCCCCCCCCCCCCCCCC(=O)O[C@H](COC(=O)CCCCCCCCCCCCC(C)C)COP(=O)(O)OC[C@@H](O)COP(=O)(O)OC[C@@H](COC(=O)CCCCCCCCC)OC(=O)CCCCCCCCCCCCC(C)C. The van der Waals surface area contributed by atoms with Gasteiger partial charge in [-0.25, -0.2) is 9.13 Å². The first kappa shape index (κ1) is 87.1. The number of hydrogen-bond acceptors (Lipinski definition) is 15. The van der Waals surface area contributed by atoms with E-state index in [1.54, 1.807) is 0 Å². The summed E-state index contributed by atoms with van der Waals surface area (Å²) in [5.74, 6) is -0.617. The van der Waals surface area contributed by atoms with E-state index >= 15 is 0 Å². The van der Waals surface area contributed by atoms with Crippen LogP contribution in [-0.2, 0) is 65.4 Å². The summed E-state index contributed by atoms with van der Waals surface area (Å²) in [7, 11) is -9.90. The highest BCUT2D eigenvalue weighted by Crippen LogP contribution is 2.45. The molecule has 0 spiro atoms. The largest absolute Gasteiger partial charge is 0.472 e. The van der Waals surface area contributed by atoms with Gasteiger partial charge in [-0.3, -0.25) is 37.3 Å². The third kappa shape index (κ3) is 64.6. The molecule has 3 N–H and O–H groups in total. The summed E-state index contributed by atoms with van der Waals surface area (Å²) < 4.78 is 68.2. The Labute approximate surface area is 543 Å². The number of phosphoric ester groups is 2. The molecule has 0 radical (unpaired) electrons. The van der Waals surface area contributed by atoms with Crippen molar-refractivity contribution in [1.29, 1.82) is 0 Å². The molecule has 2 unspecified atom stereocenters. The van der Waals surface area contributed by atoms with E-state index in [0.717, 1.165) is 115 Å². The van der Waals surface area contributed by atoms with Crippen LogP contribution in [0.25, 0.3) is 0 Å². The molecule has 0 aromatic rings. The first-order valence-corrected chi connectivity index (χ1v) is 39.5. The van der Waals surface area contributed by atoms with Crippen molar-refractivity contribution in [2.24, 2.45) is 11.8 Å². The molecule has 0 aromatic carbocycles. The van der Waals surface area contributed by atoms with Crippen LogP contribution in [0.1, 0.15) is 356 Å². The zero-order valence-corrected chi connectivity index (χ0v) is 59.5. The van der Waals surface area contributed by atoms with E-state index in [2.05, 4.69) is 41.5 Å². The van der Waals surface area contributed by atoms with Gasteiger partial charge in [0.05, 0.1) is 26.4 Å². The summed E-state index contributed by atoms with van der Waals surface area (Å²) in [6.45, 7) is 9.50. The Morgan fingerprint density at radius 1 is 0.303 bits per heavy atom. The van der Waals surface area contributed by atoms with Gasteiger partial charge in [-0.2, -0.15) is 0 Å².